The van der Waals surface area contributed by atoms with Gasteiger partial charge in [0.25, 0.3) is 0 Å². The van der Waals surface area contributed by atoms with Gasteiger partial charge >= 0.3 is 0 Å². The molecular formula is C39H25N3. The average Bonchev–Trinajstić information content (AvgIpc) is 3.51. The summed E-state index contributed by atoms with van der Waals surface area (Å²) in [6.45, 7) is 0. The Bertz CT molecular complexity index is 2160. The Labute approximate surface area is 244 Å². The summed E-state index contributed by atoms with van der Waals surface area (Å²) < 4.78 is 0. The molecule has 1 aromatic heterocycles. The molecule has 0 aliphatic heterocycles. The van der Waals surface area contributed by atoms with Gasteiger partial charge in [-0.3, -0.25) is 0 Å². The molecular weight excluding hydrogens is 510 g/mol. The van der Waals surface area contributed by atoms with Crippen molar-refractivity contribution in [2.24, 2.45) is 0 Å². The van der Waals surface area contributed by atoms with Crippen LogP contribution in [0, 0.1) is 0 Å². The topological polar surface area (TPSA) is 51.8 Å². The number of anilines is 1. The molecule has 0 atom stereocenters. The summed E-state index contributed by atoms with van der Waals surface area (Å²) in [5.74, 6) is 0.269. The third-order valence-electron chi connectivity index (χ3n) is 9.10. The lowest BCUT2D eigenvalue weighted by atomic mass is 9.70. The van der Waals surface area contributed by atoms with Crippen molar-refractivity contribution in [3.05, 3.63) is 162 Å². The van der Waals surface area contributed by atoms with Crippen molar-refractivity contribution in [3.63, 3.8) is 0 Å². The number of hydrogen-bond acceptors (Lipinski definition) is 3. The second-order valence-electron chi connectivity index (χ2n) is 11.2. The van der Waals surface area contributed by atoms with E-state index < -0.39 is 5.41 Å². The van der Waals surface area contributed by atoms with Crippen molar-refractivity contribution in [3.8, 4) is 44.8 Å². The molecule has 0 saturated carbocycles. The van der Waals surface area contributed by atoms with Crippen molar-refractivity contribution in [2.75, 3.05) is 5.73 Å². The summed E-state index contributed by atoms with van der Waals surface area (Å²) in [6, 6.07) is 50.1. The smallest absolute Gasteiger partial charge is 0.221 e. The highest BCUT2D eigenvalue weighted by Gasteiger charge is 2.51. The predicted octanol–water partition coefficient (Wildman–Crippen LogP) is 8.89. The summed E-state index contributed by atoms with van der Waals surface area (Å²) in [4.78, 5) is 9.44. The number of fused-ring (bicyclic) bond motifs is 11. The lowest BCUT2D eigenvalue weighted by Gasteiger charge is -2.30. The quantitative estimate of drug-likeness (QED) is 0.240. The first-order valence-corrected chi connectivity index (χ1v) is 14.3. The zero-order chi connectivity index (χ0) is 27.8. The van der Waals surface area contributed by atoms with E-state index in [1.165, 1.54) is 49.9 Å². The van der Waals surface area contributed by atoms with Gasteiger partial charge in [-0.15, -0.1) is 0 Å². The number of rotatable bonds is 2. The van der Waals surface area contributed by atoms with Crippen LogP contribution in [-0.4, -0.2) is 9.97 Å². The third kappa shape index (κ3) is 3.00. The summed E-state index contributed by atoms with van der Waals surface area (Å²) in [6.07, 6.45) is 0. The monoisotopic (exact) mass is 535 g/mol. The van der Waals surface area contributed by atoms with Crippen molar-refractivity contribution in [1.29, 1.82) is 0 Å². The fraction of sp³-hybridized carbons (Fsp3) is 0.0256. The normalized spacial score (nSPS) is 13.5. The highest BCUT2D eigenvalue weighted by atomic mass is 15.0. The zero-order valence-electron chi connectivity index (χ0n) is 22.8. The Kier molecular flexibility index (Phi) is 4.68. The van der Waals surface area contributed by atoms with Crippen molar-refractivity contribution < 1.29 is 0 Å². The molecule has 2 aliphatic rings. The van der Waals surface area contributed by atoms with Gasteiger partial charge in [-0.05, 0) is 67.4 Å². The fourth-order valence-corrected chi connectivity index (χ4v) is 7.45. The van der Waals surface area contributed by atoms with Crippen LogP contribution in [0.3, 0.4) is 0 Å². The molecule has 42 heavy (non-hydrogen) atoms. The standard InChI is InChI=1S/C39H25N3/c40-38-41-36(23-37(42-38)31-16-9-11-24-10-1-2-12-26(24)31)25-20-21-30-29-15-5-8-19-34(29)39(35(30)22-25)32-17-6-3-13-27(32)28-14-4-7-18-33(28)39/h1-23H,(H2,40,41,42). The van der Waals surface area contributed by atoms with Crippen LogP contribution in [0.2, 0.25) is 0 Å². The third-order valence-corrected chi connectivity index (χ3v) is 9.10. The van der Waals surface area contributed by atoms with Crippen molar-refractivity contribution in [1.82, 2.24) is 9.97 Å². The van der Waals surface area contributed by atoms with E-state index in [0.29, 0.717) is 0 Å². The van der Waals surface area contributed by atoms with E-state index in [2.05, 4.69) is 145 Å². The van der Waals surface area contributed by atoms with Crippen LogP contribution in [-0.2, 0) is 5.41 Å². The lowest BCUT2D eigenvalue weighted by molar-refractivity contribution is 0.794. The van der Waals surface area contributed by atoms with E-state index in [1.54, 1.807) is 0 Å². The molecule has 0 saturated heterocycles. The number of nitrogens with two attached hydrogens (primary N) is 1. The van der Waals surface area contributed by atoms with Crippen LogP contribution in [0.4, 0.5) is 5.95 Å². The maximum Gasteiger partial charge on any atom is 0.221 e. The summed E-state index contributed by atoms with van der Waals surface area (Å²) in [7, 11) is 0. The fourth-order valence-electron chi connectivity index (χ4n) is 7.45. The van der Waals surface area contributed by atoms with Crippen molar-refractivity contribution in [2.45, 2.75) is 5.41 Å². The van der Waals surface area contributed by atoms with Gasteiger partial charge in [0.1, 0.15) is 0 Å². The Morgan fingerprint density at radius 2 is 0.952 bits per heavy atom. The van der Waals surface area contributed by atoms with Gasteiger partial charge in [-0.2, -0.15) is 0 Å². The van der Waals surface area contributed by atoms with Gasteiger partial charge < -0.3 is 5.73 Å². The van der Waals surface area contributed by atoms with Crippen LogP contribution in [0.25, 0.3) is 55.5 Å². The molecule has 1 heterocycles. The summed E-state index contributed by atoms with van der Waals surface area (Å²) in [5.41, 5.74) is 20.1. The summed E-state index contributed by atoms with van der Waals surface area (Å²) in [5, 5.41) is 2.32. The van der Waals surface area contributed by atoms with Gasteiger partial charge in [0.15, 0.2) is 0 Å². The minimum absolute atomic E-state index is 0.269. The van der Waals surface area contributed by atoms with Gasteiger partial charge in [0, 0.05) is 11.1 Å². The molecule has 2 aliphatic carbocycles. The van der Waals surface area contributed by atoms with Crippen molar-refractivity contribution >= 4 is 16.7 Å². The van der Waals surface area contributed by atoms with Gasteiger partial charge in [-0.1, -0.05) is 127 Å². The maximum atomic E-state index is 6.38. The van der Waals surface area contributed by atoms with E-state index >= 15 is 0 Å². The van der Waals surface area contributed by atoms with E-state index in [1.807, 2.05) is 0 Å². The highest BCUT2D eigenvalue weighted by Crippen LogP contribution is 2.62. The van der Waals surface area contributed by atoms with Crippen LogP contribution >= 0.6 is 0 Å². The first-order chi connectivity index (χ1) is 20.7. The van der Waals surface area contributed by atoms with E-state index in [0.717, 1.165) is 27.9 Å². The number of nitrogen functional groups attached to an aromatic ring is 1. The predicted molar refractivity (Wildman–Crippen MR) is 171 cm³/mol. The van der Waals surface area contributed by atoms with Crippen LogP contribution < -0.4 is 5.73 Å². The molecule has 0 bridgehead atoms. The lowest BCUT2D eigenvalue weighted by Crippen LogP contribution is -2.25. The second kappa shape index (κ2) is 8.48. The number of hydrogen-bond donors (Lipinski definition) is 1. The number of benzene rings is 6. The molecule has 0 amide bonds. The minimum Gasteiger partial charge on any atom is -0.368 e. The van der Waals surface area contributed by atoms with Crippen LogP contribution in [0.5, 0.6) is 0 Å². The molecule has 7 aromatic rings. The molecule has 0 fully saturated rings. The average molecular weight is 536 g/mol. The largest absolute Gasteiger partial charge is 0.368 e. The van der Waals surface area contributed by atoms with Gasteiger partial charge in [-0.25, -0.2) is 9.97 Å². The molecule has 196 valence electrons. The van der Waals surface area contributed by atoms with E-state index in [4.69, 9.17) is 10.7 Å². The molecule has 1 spiro atoms. The Morgan fingerprint density at radius 1 is 0.429 bits per heavy atom. The molecule has 2 N–H and O–H groups in total. The molecule has 6 aromatic carbocycles. The number of aromatic nitrogens is 2. The second-order valence-corrected chi connectivity index (χ2v) is 11.2. The van der Waals surface area contributed by atoms with Crippen LogP contribution in [0.15, 0.2) is 140 Å². The first-order valence-electron chi connectivity index (χ1n) is 14.3. The Balaban J connectivity index is 1.30. The minimum atomic E-state index is -0.397. The first kappa shape index (κ1) is 23.2. The van der Waals surface area contributed by atoms with Crippen LogP contribution in [0.1, 0.15) is 22.3 Å². The van der Waals surface area contributed by atoms with E-state index in [-0.39, 0.29) is 5.95 Å². The molecule has 0 radical (unpaired) electrons. The SMILES string of the molecule is Nc1nc(-c2ccc3c(c2)C2(c4ccccc4-c4ccccc42)c2ccccc2-3)cc(-c2cccc3ccccc23)n1. The molecule has 9 rings (SSSR count). The Morgan fingerprint density at radius 3 is 1.64 bits per heavy atom. The molecule has 3 heteroatoms. The number of nitrogens with zero attached hydrogens (tertiary/aromatic N) is 2. The highest BCUT2D eigenvalue weighted by molar-refractivity contribution is 5.97. The molecule has 3 nitrogen and oxygen atoms in total. The van der Waals surface area contributed by atoms with E-state index in [9.17, 15) is 0 Å². The van der Waals surface area contributed by atoms with Gasteiger partial charge in [0.05, 0.1) is 16.8 Å². The zero-order valence-corrected chi connectivity index (χ0v) is 22.8. The molecule has 0 unspecified atom stereocenters. The summed E-state index contributed by atoms with van der Waals surface area (Å²) >= 11 is 0. The maximum absolute atomic E-state index is 6.38. The van der Waals surface area contributed by atoms with Gasteiger partial charge in [0.2, 0.25) is 5.95 Å². The Hall–Kier alpha value is -5.54.